The lowest BCUT2D eigenvalue weighted by Crippen LogP contribution is -2.63. The average molecular weight is 376 g/mol. The van der Waals surface area contributed by atoms with Crippen LogP contribution in [0.1, 0.15) is 24.8 Å². The van der Waals surface area contributed by atoms with Crippen LogP contribution in [-0.2, 0) is 11.2 Å². The fourth-order valence-corrected chi connectivity index (χ4v) is 4.05. The fourth-order valence-electron chi connectivity index (χ4n) is 4.05. The van der Waals surface area contributed by atoms with Gasteiger partial charge in [-0.2, -0.15) is 0 Å². The minimum absolute atomic E-state index is 0.109. The summed E-state index contributed by atoms with van der Waals surface area (Å²) in [6, 6.07) is 6.53. The van der Waals surface area contributed by atoms with E-state index in [-0.39, 0.29) is 23.3 Å². The van der Waals surface area contributed by atoms with E-state index in [9.17, 15) is 14.0 Å². The highest BCUT2D eigenvalue weighted by Gasteiger charge is 2.42. The molecule has 0 aromatic heterocycles. The number of piperazine rings is 1. The van der Waals surface area contributed by atoms with Crippen LogP contribution in [0.3, 0.4) is 0 Å². The molecule has 0 saturated carbocycles. The third-order valence-corrected chi connectivity index (χ3v) is 6.06. The van der Waals surface area contributed by atoms with Gasteiger partial charge in [0.1, 0.15) is 5.82 Å². The minimum Gasteiger partial charge on any atom is -0.346 e. The van der Waals surface area contributed by atoms with E-state index in [1.54, 1.807) is 23.1 Å². The summed E-state index contributed by atoms with van der Waals surface area (Å²) >= 11 is 0. The smallest absolute Gasteiger partial charge is 0.317 e. The summed E-state index contributed by atoms with van der Waals surface area (Å²) in [4.78, 5) is 30.6. The van der Waals surface area contributed by atoms with Crippen molar-refractivity contribution < 1.29 is 14.0 Å². The van der Waals surface area contributed by atoms with Gasteiger partial charge in [0.2, 0.25) is 5.91 Å². The molecule has 0 aliphatic carbocycles. The summed E-state index contributed by atoms with van der Waals surface area (Å²) in [5.74, 6) is -0.0655. The van der Waals surface area contributed by atoms with Crippen molar-refractivity contribution in [3.63, 3.8) is 0 Å². The number of carbonyl (C=O) groups is 2. The van der Waals surface area contributed by atoms with Gasteiger partial charge in [-0.25, -0.2) is 9.18 Å². The van der Waals surface area contributed by atoms with Crippen LogP contribution in [0, 0.1) is 5.82 Å². The Bertz CT molecular complexity index is 698. The number of carbonyl (C=O) groups excluding carboxylic acids is 2. The minimum atomic E-state index is -0.238. The lowest BCUT2D eigenvalue weighted by molar-refractivity contribution is -0.129. The summed E-state index contributed by atoms with van der Waals surface area (Å²) in [5.41, 5.74) is 0.458. The van der Waals surface area contributed by atoms with Gasteiger partial charge in [0.25, 0.3) is 0 Å². The molecule has 2 heterocycles. The second-order valence-corrected chi connectivity index (χ2v) is 7.71. The number of urea groups is 1. The van der Waals surface area contributed by atoms with Crippen molar-refractivity contribution in [2.45, 2.75) is 31.2 Å². The average Bonchev–Trinajstić information content (AvgIpc) is 2.80. The van der Waals surface area contributed by atoms with Gasteiger partial charge in [0.05, 0.1) is 0 Å². The van der Waals surface area contributed by atoms with E-state index in [0.717, 1.165) is 19.4 Å². The predicted molar refractivity (Wildman–Crippen MR) is 102 cm³/mol. The van der Waals surface area contributed by atoms with E-state index < -0.39 is 0 Å². The van der Waals surface area contributed by atoms with Crippen molar-refractivity contribution in [1.29, 1.82) is 0 Å². The molecule has 2 fully saturated rings. The van der Waals surface area contributed by atoms with Crippen LogP contribution in [0.25, 0.3) is 0 Å². The molecule has 27 heavy (non-hydrogen) atoms. The topological polar surface area (TPSA) is 55.9 Å². The zero-order valence-electron chi connectivity index (χ0n) is 16.2. The summed E-state index contributed by atoms with van der Waals surface area (Å²) in [5, 5.41) is 2.92. The molecule has 1 atom stereocenters. The number of likely N-dealkylation sites (tertiary alicyclic amines) is 1. The van der Waals surface area contributed by atoms with Gasteiger partial charge in [-0.05, 0) is 37.9 Å². The predicted octanol–water partition coefficient (Wildman–Crippen LogP) is 1.71. The Morgan fingerprint density at radius 3 is 2.74 bits per heavy atom. The number of nitrogens with zero attached hydrogens (tertiary/aromatic N) is 3. The van der Waals surface area contributed by atoms with Gasteiger partial charge < -0.3 is 15.1 Å². The summed E-state index contributed by atoms with van der Waals surface area (Å²) in [7, 11) is 3.93. The number of nitrogens with one attached hydrogen (secondary N) is 1. The Kier molecular flexibility index (Phi) is 5.99. The first-order chi connectivity index (χ1) is 12.9. The third kappa shape index (κ3) is 4.40. The summed E-state index contributed by atoms with van der Waals surface area (Å²) < 4.78 is 13.7. The van der Waals surface area contributed by atoms with Crippen LogP contribution in [0.2, 0.25) is 0 Å². The SMILES string of the molecule is CN1CC[C@@]2(CCC1=O)CN(C(=O)NCCc1ccccc1F)CCN2C. The second kappa shape index (κ2) is 8.25. The molecule has 148 valence electrons. The molecule has 1 spiro atoms. The van der Waals surface area contributed by atoms with Gasteiger partial charge in [0, 0.05) is 51.7 Å². The maximum atomic E-state index is 13.7. The second-order valence-electron chi connectivity index (χ2n) is 7.71. The van der Waals surface area contributed by atoms with E-state index in [1.807, 2.05) is 11.9 Å². The number of hydrogen-bond acceptors (Lipinski definition) is 3. The highest BCUT2D eigenvalue weighted by Crippen LogP contribution is 2.31. The molecule has 0 bridgehead atoms. The molecule has 2 aliphatic heterocycles. The summed E-state index contributed by atoms with van der Waals surface area (Å²) in [6.45, 7) is 3.19. The van der Waals surface area contributed by atoms with E-state index in [1.165, 1.54) is 6.07 Å². The zero-order valence-corrected chi connectivity index (χ0v) is 16.2. The molecule has 1 aromatic rings. The first-order valence-corrected chi connectivity index (χ1v) is 9.63. The van der Waals surface area contributed by atoms with Crippen molar-refractivity contribution >= 4 is 11.9 Å². The Morgan fingerprint density at radius 2 is 1.96 bits per heavy atom. The number of rotatable bonds is 3. The molecule has 3 amide bonds. The standard InChI is InChI=1S/C20H29FN4O2/c1-23-12-10-20(9-7-18(23)26)15-25(14-13-24(20)2)19(27)22-11-8-16-5-3-4-6-17(16)21/h3-6H,7-15H2,1-2H3,(H,22,27)/t20-/m0/s1. The highest BCUT2D eigenvalue weighted by atomic mass is 19.1. The molecule has 7 heteroatoms. The Labute approximate surface area is 160 Å². The lowest BCUT2D eigenvalue weighted by atomic mass is 9.86. The number of halogens is 1. The number of amides is 3. The van der Waals surface area contributed by atoms with Crippen molar-refractivity contribution in [2.75, 3.05) is 46.8 Å². The van der Waals surface area contributed by atoms with Crippen LogP contribution in [0.4, 0.5) is 9.18 Å². The number of benzene rings is 1. The maximum absolute atomic E-state index is 13.7. The Hall–Kier alpha value is -2.15. The quantitative estimate of drug-likeness (QED) is 0.874. The summed E-state index contributed by atoms with van der Waals surface area (Å²) in [6.07, 6.45) is 2.62. The van der Waals surface area contributed by atoms with Crippen molar-refractivity contribution in [2.24, 2.45) is 0 Å². The van der Waals surface area contributed by atoms with Crippen molar-refractivity contribution in [3.8, 4) is 0 Å². The Balaban J connectivity index is 1.57. The zero-order chi connectivity index (χ0) is 19.4. The molecule has 1 aromatic carbocycles. The normalized spacial score (nSPS) is 24.2. The molecule has 6 nitrogen and oxygen atoms in total. The largest absolute Gasteiger partial charge is 0.346 e. The molecular weight excluding hydrogens is 347 g/mol. The first kappa shape index (κ1) is 19.6. The van der Waals surface area contributed by atoms with Crippen molar-refractivity contribution in [3.05, 3.63) is 35.6 Å². The van der Waals surface area contributed by atoms with E-state index in [2.05, 4.69) is 17.3 Å². The first-order valence-electron chi connectivity index (χ1n) is 9.63. The Morgan fingerprint density at radius 1 is 1.19 bits per heavy atom. The van der Waals surface area contributed by atoms with Crippen LogP contribution >= 0.6 is 0 Å². The maximum Gasteiger partial charge on any atom is 0.317 e. The van der Waals surface area contributed by atoms with E-state index >= 15 is 0 Å². The van der Waals surface area contributed by atoms with Crippen molar-refractivity contribution in [1.82, 2.24) is 20.0 Å². The van der Waals surface area contributed by atoms with Crippen LogP contribution in [0.5, 0.6) is 0 Å². The molecule has 0 radical (unpaired) electrons. The molecule has 0 unspecified atom stereocenters. The van der Waals surface area contributed by atoms with Crippen LogP contribution < -0.4 is 5.32 Å². The third-order valence-electron chi connectivity index (χ3n) is 6.06. The molecule has 3 rings (SSSR count). The van der Waals surface area contributed by atoms with Gasteiger partial charge in [0.15, 0.2) is 0 Å². The van der Waals surface area contributed by atoms with E-state index in [4.69, 9.17) is 0 Å². The molecule has 1 N–H and O–H groups in total. The molecule has 2 aliphatic rings. The monoisotopic (exact) mass is 376 g/mol. The van der Waals surface area contributed by atoms with Gasteiger partial charge in [-0.3, -0.25) is 9.69 Å². The van der Waals surface area contributed by atoms with E-state index in [0.29, 0.717) is 44.6 Å². The van der Waals surface area contributed by atoms with Gasteiger partial charge in [-0.15, -0.1) is 0 Å². The lowest BCUT2D eigenvalue weighted by Gasteiger charge is -2.49. The van der Waals surface area contributed by atoms with Gasteiger partial charge >= 0.3 is 6.03 Å². The highest BCUT2D eigenvalue weighted by molar-refractivity contribution is 5.76. The van der Waals surface area contributed by atoms with Crippen LogP contribution in [-0.4, -0.2) is 79.0 Å². The number of likely N-dealkylation sites (N-methyl/N-ethyl adjacent to an activating group) is 1. The molecule has 2 saturated heterocycles. The molecular formula is C20H29FN4O2. The van der Waals surface area contributed by atoms with Gasteiger partial charge in [-0.1, -0.05) is 18.2 Å². The van der Waals surface area contributed by atoms with Crippen LogP contribution in [0.15, 0.2) is 24.3 Å². The fraction of sp³-hybridized carbons (Fsp3) is 0.600. The number of hydrogen-bond donors (Lipinski definition) is 1.